The van der Waals surface area contributed by atoms with E-state index in [-0.39, 0.29) is 22.9 Å². The minimum Gasteiger partial charge on any atom is -0.476 e. The lowest BCUT2D eigenvalue weighted by molar-refractivity contribution is -0.385. The summed E-state index contributed by atoms with van der Waals surface area (Å²) >= 11 is 3.35. The minimum atomic E-state index is -0.647. The standard InChI is InChI=1S/C26H21BrFN5O5/c1-15(2)25-31-21-11-6-17(27)12-20(21)26(35)32(25)29-13-16-4-3-5-22(33(36)37)24(16)38-14-23(34)30-19-9-7-18(28)8-10-19/h3-13,15H,14H2,1-2H3,(H,30,34). The molecule has 4 aromatic rings. The van der Waals surface area contributed by atoms with E-state index in [4.69, 9.17) is 4.74 Å². The van der Waals surface area contributed by atoms with Crippen molar-refractivity contribution in [2.45, 2.75) is 19.8 Å². The van der Waals surface area contributed by atoms with Crippen molar-refractivity contribution in [2.75, 3.05) is 11.9 Å². The average molecular weight is 582 g/mol. The number of halogens is 2. The van der Waals surface area contributed by atoms with E-state index >= 15 is 0 Å². The molecule has 4 rings (SSSR count). The summed E-state index contributed by atoms with van der Waals surface area (Å²) in [5.41, 5.74) is 0.216. The fourth-order valence-corrected chi connectivity index (χ4v) is 3.95. The molecule has 0 fully saturated rings. The third-order valence-electron chi connectivity index (χ3n) is 5.36. The van der Waals surface area contributed by atoms with Crippen LogP contribution in [0.25, 0.3) is 10.9 Å². The second kappa shape index (κ2) is 11.3. The van der Waals surface area contributed by atoms with Crippen LogP contribution in [0.2, 0.25) is 0 Å². The maximum Gasteiger partial charge on any atom is 0.311 e. The van der Waals surface area contributed by atoms with Crippen LogP contribution < -0.4 is 15.6 Å². The van der Waals surface area contributed by atoms with Gasteiger partial charge in [-0.3, -0.25) is 19.7 Å². The number of anilines is 1. The quantitative estimate of drug-likeness (QED) is 0.172. The van der Waals surface area contributed by atoms with Gasteiger partial charge in [-0.2, -0.15) is 9.78 Å². The lowest BCUT2D eigenvalue weighted by Crippen LogP contribution is -2.23. The van der Waals surface area contributed by atoms with Gasteiger partial charge in [-0.15, -0.1) is 0 Å². The zero-order valence-corrected chi connectivity index (χ0v) is 21.8. The van der Waals surface area contributed by atoms with E-state index in [9.17, 15) is 24.1 Å². The largest absolute Gasteiger partial charge is 0.476 e. The normalized spacial score (nSPS) is 11.3. The van der Waals surface area contributed by atoms with Crippen LogP contribution in [0.4, 0.5) is 15.8 Å². The number of nitrogens with zero attached hydrogens (tertiary/aromatic N) is 4. The Morgan fingerprint density at radius 1 is 1.24 bits per heavy atom. The van der Waals surface area contributed by atoms with Crippen molar-refractivity contribution in [1.29, 1.82) is 0 Å². The van der Waals surface area contributed by atoms with E-state index in [1.165, 1.54) is 48.7 Å². The van der Waals surface area contributed by atoms with Gasteiger partial charge in [0.15, 0.2) is 6.61 Å². The molecule has 0 saturated carbocycles. The maximum absolute atomic E-state index is 13.3. The molecule has 1 heterocycles. The Bertz CT molecular complexity index is 1620. The number of amides is 1. The number of hydrogen-bond donors (Lipinski definition) is 1. The lowest BCUT2D eigenvalue weighted by atomic mass is 10.2. The highest BCUT2D eigenvalue weighted by atomic mass is 79.9. The molecule has 0 aliphatic heterocycles. The summed E-state index contributed by atoms with van der Waals surface area (Å²) in [6, 6.07) is 14.4. The Kier molecular flexibility index (Phi) is 7.91. The number of nitro groups is 1. The van der Waals surface area contributed by atoms with Gasteiger partial charge < -0.3 is 10.1 Å². The third-order valence-corrected chi connectivity index (χ3v) is 5.85. The molecule has 1 amide bonds. The Labute approximate surface area is 224 Å². The number of hydrogen-bond acceptors (Lipinski definition) is 7. The molecule has 0 radical (unpaired) electrons. The molecule has 0 spiro atoms. The molecular formula is C26H21BrFN5O5. The summed E-state index contributed by atoms with van der Waals surface area (Å²) in [7, 11) is 0. The highest BCUT2D eigenvalue weighted by Gasteiger charge is 2.20. The summed E-state index contributed by atoms with van der Waals surface area (Å²) < 4.78 is 20.5. The number of aromatic nitrogens is 2. The molecule has 0 atom stereocenters. The Balaban J connectivity index is 1.68. The topological polar surface area (TPSA) is 129 Å². The van der Waals surface area contributed by atoms with Crippen molar-refractivity contribution in [2.24, 2.45) is 5.10 Å². The van der Waals surface area contributed by atoms with Gasteiger partial charge in [-0.05, 0) is 48.5 Å². The van der Waals surface area contributed by atoms with E-state index in [2.05, 4.69) is 31.3 Å². The summed E-state index contributed by atoms with van der Waals surface area (Å²) in [4.78, 5) is 41.2. The van der Waals surface area contributed by atoms with Gasteiger partial charge in [-0.25, -0.2) is 9.37 Å². The Hall–Kier alpha value is -4.45. The van der Waals surface area contributed by atoms with Crippen LogP contribution >= 0.6 is 15.9 Å². The molecule has 0 aliphatic carbocycles. The predicted molar refractivity (Wildman–Crippen MR) is 144 cm³/mol. The van der Waals surface area contributed by atoms with Gasteiger partial charge in [0.05, 0.1) is 22.0 Å². The van der Waals surface area contributed by atoms with Gasteiger partial charge in [0.25, 0.3) is 11.5 Å². The number of carbonyl (C=O) groups is 1. The number of ether oxygens (including phenoxy) is 1. The van der Waals surface area contributed by atoms with Crippen LogP contribution in [0.3, 0.4) is 0 Å². The van der Waals surface area contributed by atoms with Crippen molar-refractivity contribution in [1.82, 2.24) is 9.66 Å². The molecule has 1 aromatic heterocycles. The first-order valence-electron chi connectivity index (χ1n) is 11.4. The van der Waals surface area contributed by atoms with E-state index in [1.807, 2.05) is 13.8 Å². The number of para-hydroxylation sites is 1. The van der Waals surface area contributed by atoms with Gasteiger partial charge in [0.1, 0.15) is 11.6 Å². The van der Waals surface area contributed by atoms with E-state index in [0.717, 1.165) is 4.68 Å². The minimum absolute atomic E-state index is 0.163. The zero-order chi connectivity index (χ0) is 27.4. The highest BCUT2D eigenvalue weighted by molar-refractivity contribution is 9.10. The molecule has 3 aromatic carbocycles. The van der Waals surface area contributed by atoms with Crippen LogP contribution in [0, 0.1) is 15.9 Å². The first-order chi connectivity index (χ1) is 18.1. The zero-order valence-electron chi connectivity index (χ0n) is 20.2. The SMILES string of the molecule is CC(C)c1nc2ccc(Br)cc2c(=O)n1N=Cc1cccc([N+](=O)[O-])c1OCC(=O)Nc1ccc(F)cc1. The number of nitro benzene ring substituents is 1. The molecule has 1 N–H and O–H groups in total. The van der Waals surface area contributed by atoms with Crippen LogP contribution in [-0.2, 0) is 4.79 Å². The van der Waals surface area contributed by atoms with Gasteiger partial charge in [0.2, 0.25) is 5.75 Å². The first-order valence-corrected chi connectivity index (χ1v) is 12.2. The molecule has 10 nitrogen and oxygen atoms in total. The van der Waals surface area contributed by atoms with Crippen molar-refractivity contribution in [3.8, 4) is 5.75 Å². The second-order valence-corrected chi connectivity index (χ2v) is 9.36. The van der Waals surface area contributed by atoms with Crippen molar-refractivity contribution >= 4 is 50.3 Å². The number of carbonyl (C=O) groups excluding carboxylic acids is 1. The highest BCUT2D eigenvalue weighted by Crippen LogP contribution is 2.30. The molecule has 194 valence electrons. The molecule has 0 aliphatic rings. The van der Waals surface area contributed by atoms with Crippen LogP contribution in [0.5, 0.6) is 5.75 Å². The van der Waals surface area contributed by atoms with Crippen molar-refractivity contribution in [3.63, 3.8) is 0 Å². The monoisotopic (exact) mass is 581 g/mol. The summed E-state index contributed by atoms with van der Waals surface area (Å²) in [5, 5.41) is 18.8. The average Bonchev–Trinajstić information content (AvgIpc) is 2.88. The summed E-state index contributed by atoms with van der Waals surface area (Å²) in [6.07, 6.45) is 1.25. The first kappa shape index (κ1) is 26.6. The molecule has 0 bridgehead atoms. The smallest absolute Gasteiger partial charge is 0.311 e. The third kappa shape index (κ3) is 5.92. The Morgan fingerprint density at radius 3 is 2.66 bits per heavy atom. The number of rotatable bonds is 8. The van der Waals surface area contributed by atoms with Gasteiger partial charge in [-0.1, -0.05) is 35.8 Å². The fraction of sp³-hybridized carbons (Fsp3) is 0.154. The van der Waals surface area contributed by atoms with E-state index < -0.39 is 28.8 Å². The van der Waals surface area contributed by atoms with Crippen LogP contribution in [-0.4, -0.2) is 33.3 Å². The van der Waals surface area contributed by atoms with Crippen molar-refractivity contribution in [3.05, 3.63) is 103 Å². The van der Waals surface area contributed by atoms with E-state index in [0.29, 0.717) is 26.9 Å². The number of nitrogens with one attached hydrogen (secondary N) is 1. The predicted octanol–water partition coefficient (Wildman–Crippen LogP) is 5.23. The van der Waals surface area contributed by atoms with Crippen molar-refractivity contribution < 1.29 is 18.8 Å². The maximum atomic E-state index is 13.3. The van der Waals surface area contributed by atoms with Crippen LogP contribution in [0.15, 0.2) is 75.0 Å². The van der Waals surface area contributed by atoms with E-state index in [1.54, 1.807) is 18.2 Å². The molecule has 0 saturated heterocycles. The Morgan fingerprint density at radius 2 is 1.97 bits per heavy atom. The molecule has 12 heteroatoms. The van der Waals surface area contributed by atoms with Gasteiger partial charge in [0, 0.05) is 27.7 Å². The van der Waals surface area contributed by atoms with Gasteiger partial charge >= 0.3 is 5.69 Å². The lowest BCUT2D eigenvalue weighted by Gasteiger charge is -2.13. The summed E-state index contributed by atoms with van der Waals surface area (Å²) in [6.45, 7) is 3.16. The molecule has 0 unspecified atom stereocenters. The fourth-order valence-electron chi connectivity index (χ4n) is 3.58. The molecular weight excluding hydrogens is 561 g/mol. The molecule has 38 heavy (non-hydrogen) atoms. The second-order valence-electron chi connectivity index (χ2n) is 8.44. The number of fused-ring (bicyclic) bond motifs is 1. The van der Waals surface area contributed by atoms with Crippen LogP contribution in [0.1, 0.15) is 31.2 Å². The number of benzene rings is 3. The summed E-state index contributed by atoms with van der Waals surface area (Å²) in [5.74, 6) is -1.04.